The molecule has 4 aromatic rings. The Labute approximate surface area is 214 Å². The molecule has 0 bridgehead atoms. The number of carbonyl (C=O) groups is 2. The van der Waals surface area contributed by atoms with Crippen LogP contribution in [0.1, 0.15) is 36.7 Å². The molecule has 192 valence electrons. The minimum absolute atomic E-state index is 0.0541. The molecule has 1 saturated heterocycles. The van der Waals surface area contributed by atoms with Gasteiger partial charge in [0.25, 0.3) is 5.56 Å². The molecule has 4 heterocycles. The smallest absolute Gasteiger partial charge is 0.274 e. The second kappa shape index (κ2) is 9.34. The summed E-state index contributed by atoms with van der Waals surface area (Å²) in [7, 11) is 1.75. The van der Waals surface area contributed by atoms with Gasteiger partial charge in [-0.3, -0.25) is 28.3 Å². The maximum absolute atomic E-state index is 12.9. The number of aromatic nitrogens is 5. The molecular formula is C27H31N7O3. The Balaban J connectivity index is 1.44. The van der Waals surface area contributed by atoms with Crippen molar-refractivity contribution >= 4 is 28.7 Å². The Hall–Kier alpha value is -4.21. The van der Waals surface area contributed by atoms with E-state index in [4.69, 9.17) is 0 Å². The maximum Gasteiger partial charge on any atom is 0.274 e. The molecule has 0 unspecified atom stereocenters. The van der Waals surface area contributed by atoms with Gasteiger partial charge in [-0.15, -0.1) is 0 Å². The Bertz CT molecular complexity index is 1560. The van der Waals surface area contributed by atoms with E-state index in [1.54, 1.807) is 35.6 Å². The summed E-state index contributed by atoms with van der Waals surface area (Å²) < 4.78 is 5.11. The van der Waals surface area contributed by atoms with Gasteiger partial charge in [-0.1, -0.05) is 6.07 Å². The number of rotatable bonds is 4. The molecule has 3 aromatic heterocycles. The summed E-state index contributed by atoms with van der Waals surface area (Å²) >= 11 is 0. The highest BCUT2D eigenvalue weighted by molar-refractivity contribution is 5.84. The molecule has 5 rings (SSSR count). The lowest BCUT2D eigenvalue weighted by atomic mass is 10.1. The van der Waals surface area contributed by atoms with Gasteiger partial charge in [-0.25, -0.2) is 9.97 Å². The summed E-state index contributed by atoms with van der Waals surface area (Å²) in [5.74, 6) is 0.674. The molecule has 1 amide bonds. The largest absolute Gasteiger partial charge is 0.337 e. The molecule has 1 aliphatic rings. The van der Waals surface area contributed by atoms with Gasteiger partial charge < -0.3 is 9.80 Å². The quantitative estimate of drug-likeness (QED) is 0.427. The molecule has 0 N–H and O–H groups in total. The standard InChI is InChI=1S/C27H31N7O3/c1-17-13-32(19(3)35)15-23(17)16-34-25-10-21(6-7-24(25)26(37)30(34)5)22-11-28-27(29-12-22)31-8-9-33(20(4)36)18(2)14-31/h6-7,10-13,15,18H,8-9,14,16H2,1-5H3/t18-/m1/s1. The van der Waals surface area contributed by atoms with E-state index >= 15 is 0 Å². The second-order valence-corrected chi connectivity index (χ2v) is 9.79. The van der Waals surface area contributed by atoms with Crippen LogP contribution < -0.4 is 10.5 Å². The van der Waals surface area contributed by atoms with Crippen LogP contribution >= 0.6 is 0 Å². The zero-order valence-electron chi connectivity index (χ0n) is 21.8. The van der Waals surface area contributed by atoms with Crippen LogP contribution in [0.25, 0.3) is 22.0 Å². The molecule has 1 atom stereocenters. The fourth-order valence-corrected chi connectivity index (χ4v) is 5.09. The molecular weight excluding hydrogens is 470 g/mol. The molecule has 1 aliphatic heterocycles. The Morgan fingerprint density at radius 1 is 1.03 bits per heavy atom. The van der Waals surface area contributed by atoms with E-state index in [1.807, 2.05) is 54.0 Å². The van der Waals surface area contributed by atoms with Crippen LogP contribution in [0.4, 0.5) is 5.95 Å². The summed E-state index contributed by atoms with van der Waals surface area (Å²) in [6.45, 7) is 9.61. The minimum Gasteiger partial charge on any atom is -0.337 e. The lowest BCUT2D eigenvalue weighted by Crippen LogP contribution is -2.53. The highest BCUT2D eigenvalue weighted by Gasteiger charge is 2.26. The SMILES string of the molecule is CC(=O)N1CCN(c2ncc(-c3ccc4c(=O)n(C)n(Cc5cn(C(C)=O)cc5C)c4c3)cn2)C[C@H]1C. The summed E-state index contributed by atoms with van der Waals surface area (Å²) in [6.07, 6.45) is 7.23. The minimum atomic E-state index is -0.0735. The van der Waals surface area contributed by atoms with Crippen molar-refractivity contribution in [3.8, 4) is 11.1 Å². The van der Waals surface area contributed by atoms with Crippen LogP contribution in [-0.2, 0) is 18.4 Å². The zero-order chi connectivity index (χ0) is 26.4. The van der Waals surface area contributed by atoms with Crippen molar-refractivity contribution in [1.29, 1.82) is 0 Å². The predicted octanol–water partition coefficient (Wildman–Crippen LogP) is 2.67. The van der Waals surface area contributed by atoms with Crippen LogP contribution in [0.3, 0.4) is 0 Å². The van der Waals surface area contributed by atoms with Crippen molar-refractivity contribution in [2.75, 3.05) is 24.5 Å². The Morgan fingerprint density at radius 3 is 2.38 bits per heavy atom. The van der Waals surface area contributed by atoms with Crippen molar-refractivity contribution in [2.45, 2.75) is 40.3 Å². The first-order valence-corrected chi connectivity index (χ1v) is 12.4. The monoisotopic (exact) mass is 501 g/mol. The van der Waals surface area contributed by atoms with E-state index in [2.05, 4.69) is 14.9 Å². The van der Waals surface area contributed by atoms with Gasteiger partial charge in [-0.05, 0) is 42.7 Å². The number of amides is 1. The second-order valence-electron chi connectivity index (χ2n) is 9.79. The summed E-state index contributed by atoms with van der Waals surface area (Å²) in [4.78, 5) is 49.7. The Kier molecular flexibility index (Phi) is 6.18. The van der Waals surface area contributed by atoms with Gasteiger partial charge in [0.2, 0.25) is 17.8 Å². The van der Waals surface area contributed by atoms with Crippen molar-refractivity contribution in [1.82, 2.24) is 28.8 Å². The van der Waals surface area contributed by atoms with Gasteiger partial charge in [0.05, 0.1) is 17.4 Å². The number of aryl methyl sites for hydroxylation is 1. The first-order valence-electron chi connectivity index (χ1n) is 12.4. The highest BCUT2D eigenvalue weighted by Crippen LogP contribution is 2.25. The van der Waals surface area contributed by atoms with E-state index in [0.29, 0.717) is 37.5 Å². The van der Waals surface area contributed by atoms with E-state index in [0.717, 1.165) is 27.8 Å². The normalized spacial score (nSPS) is 16.0. The number of carbonyl (C=O) groups excluding carboxylic acids is 2. The van der Waals surface area contributed by atoms with Gasteiger partial charge in [0, 0.05) is 76.9 Å². The molecule has 0 saturated carbocycles. The van der Waals surface area contributed by atoms with Gasteiger partial charge >= 0.3 is 0 Å². The van der Waals surface area contributed by atoms with Gasteiger partial charge in [0.1, 0.15) is 0 Å². The zero-order valence-corrected chi connectivity index (χ0v) is 21.8. The molecule has 1 fully saturated rings. The molecule has 37 heavy (non-hydrogen) atoms. The number of hydrogen-bond donors (Lipinski definition) is 0. The molecule has 0 aliphatic carbocycles. The number of piperazine rings is 1. The third-order valence-corrected chi connectivity index (χ3v) is 7.27. The summed E-state index contributed by atoms with van der Waals surface area (Å²) in [6, 6.07) is 5.84. The number of fused-ring (bicyclic) bond motifs is 1. The van der Waals surface area contributed by atoms with E-state index < -0.39 is 0 Å². The fraction of sp³-hybridized carbons (Fsp3) is 0.370. The number of benzene rings is 1. The van der Waals surface area contributed by atoms with Crippen LogP contribution in [-0.4, -0.2) is 66.3 Å². The first-order chi connectivity index (χ1) is 17.6. The summed E-state index contributed by atoms with van der Waals surface area (Å²) in [5.41, 5.74) is 4.45. The number of anilines is 1. The van der Waals surface area contributed by atoms with Crippen molar-refractivity contribution in [3.63, 3.8) is 0 Å². The van der Waals surface area contributed by atoms with Gasteiger partial charge in [-0.2, -0.15) is 0 Å². The molecule has 10 heteroatoms. The fourth-order valence-electron chi connectivity index (χ4n) is 5.09. The average molecular weight is 502 g/mol. The average Bonchev–Trinajstić information content (AvgIpc) is 3.36. The highest BCUT2D eigenvalue weighted by atomic mass is 16.2. The number of nitrogens with zero attached hydrogens (tertiary/aromatic N) is 7. The van der Waals surface area contributed by atoms with Crippen molar-refractivity contribution in [3.05, 3.63) is 64.5 Å². The van der Waals surface area contributed by atoms with Crippen LogP contribution in [0.5, 0.6) is 0 Å². The van der Waals surface area contributed by atoms with Crippen LogP contribution in [0.15, 0.2) is 47.8 Å². The van der Waals surface area contributed by atoms with Crippen LogP contribution in [0.2, 0.25) is 0 Å². The van der Waals surface area contributed by atoms with Crippen molar-refractivity contribution in [2.24, 2.45) is 7.05 Å². The molecule has 1 aromatic carbocycles. The molecule has 0 radical (unpaired) electrons. The lowest BCUT2D eigenvalue weighted by Gasteiger charge is -2.39. The molecule has 10 nitrogen and oxygen atoms in total. The van der Waals surface area contributed by atoms with E-state index in [9.17, 15) is 14.4 Å². The van der Waals surface area contributed by atoms with Crippen LogP contribution in [0, 0.1) is 6.92 Å². The topological polar surface area (TPSA) is 98.3 Å². The van der Waals surface area contributed by atoms with Crippen molar-refractivity contribution < 1.29 is 9.59 Å². The third-order valence-electron chi connectivity index (χ3n) is 7.27. The van der Waals surface area contributed by atoms with E-state index in [-0.39, 0.29) is 23.4 Å². The number of hydrogen-bond acceptors (Lipinski definition) is 6. The Morgan fingerprint density at radius 2 is 1.76 bits per heavy atom. The molecule has 0 spiro atoms. The predicted molar refractivity (Wildman–Crippen MR) is 142 cm³/mol. The third kappa shape index (κ3) is 4.43. The van der Waals surface area contributed by atoms with Gasteiger partial charge in [0.15, 0.2) is 0 Å². The lowest BCUT2D eigenvalue weighted by molar-refractivity contribution is -0.131. The summed E-state index contributed by atoms with van der Waals surface area (Å²) in [5, 5.41) is 0.629. The maximum atomic E-state index is 12.9. The first kappa shape index (κ1) is 24.5. The van der Waals surface area contributed by atoms with E-state index in [1.165, 1.54) is 6.92 Å².